The molecule has 2 nitrogen and oxygen atoms in total. The molecule has 0 saturated heterocycles. The lowest BCUT2D eigenvalue weighted by Crippen LogP contribution is -2.35. The van der Waals surface area contributed by atoms with Crippen molar-refractivity contribution in [3.63, 3.8) is 0 Å². The van der Waals surface area contributed by atoms with E-state index in [2.05, 4.69) is 5.32 Å². The third-order valence-electron chi connectivity index (χ3n) is 2.87. The Balaban J connectivity index is 3.08. The molecule has 0 aliphatic carbocycles. The number of methoxy groups -OCH3 is 1. The Labute approximate surface area is 107 Å². The number of rotatable bonds is 5. The zero-order valence-corrected chi connectivity index (χ0v) is 11.4. The molecule has 1 rings (SSSR count). The molecule has 0 fully saturated rings. The standard InChI is InChI=1S/C13H19ClFNO/c1-8(2)13(17-4)12(16-3)10-6-5-9(14)7-11(10)15/h5-8,12-13,16H,1-4H3. The summed E-state index contributed by atoms with van der Waals surface area (Å²) in [6.07, 6.45) is -0.0873. The molecule has 0 spiro atoms. The van der Waals surface area contributed by atoms with Gasteiger partial charge in [-0.05, 0) is 25.1 Å². The molecule has 96 valence electrons. The quantitative estimate of drug-likeness (QED) is 0.875. The van der Waals surface area contributed by atoms with Crippen LogP contribution in [0.25, 0.3) is 0 Å². The molecule has 2 atom stereocenters. The Morgan fingerprint density at radius 2 is 2.00 bits per heavy atom. The van der Waals surface area contributed by atoms with Gasteiger partial charge in [0.2, 0.25) is 0 Å². The molecule has 0 aliphatic rings. The lowest BCUT2D eigenvalue weighted by molar-refractivity contribution is 0.0338. The van der Waals surface area contributed by atoms with Crippen molar-refractivity contribution in [3.8, 4) is 0 Å². The Morgan fingerprint density at radius 3 is 2.41 bits per heavy atom. The lowest BCUT2D eigenvalue weighted by Gasteiger charge is -2.29. The molecule has 17 heavy (non-hydrogen) atoms. The Morgan fingerprint density at radius 1 is 1.35 bits per heavy atom. The van der Waals surface area contributed by atoms with E-state index in [9.17, 15) is 4.39 Å². The maximum absolute atomic E-state index is 13.9. The van der Waals surface area contributed by atoms with Gasteiger partial charge in [0.05, 0.1) is 12.1 Å². The first-order valence-corrected chi connectivity index (χ1v) is 6.04. The lowest BCUT2D eigenvalue weighted by atomic mass is 9.93. The second kappa shape index (κ2) is 6.34. The Bertz CT molecular complexity index is 370. The van der Waals surface area contributed by atoms with Gasteiger partial charge in [-0.15, -0.1) is 0 Å². The molecule has 0 amide bonds. The van der Waals surface area contributed by atoms with Gasteiger partial charge in [-0.1, -0.05) is 31.5 Å². The molecule has 1 aromatic rings. The van der Waals surface area contributed by atoms with E-state index in [-0.39, 0.29) is 23.9 Å². The van der Waals surface area contributed by atoms with Gasteiger partial charge >= 0.3 is 0 Å². The van der Waals surface area contributed by atoms with Crippen molar-refractivity contribution in [2.75, 3.05) is 14.2 Å². The molecular formula is C13H19ClFNO. The summed E-state index contributed by atoms with van der Waals surface area (Å²) in [6, 6.07) is 4.54. The first-order valence-electron chi connectivity index (χ1n) is 5.66. The van der Waals surface area contributed by atoms with E-state index in [1.807, 2.05) is 13.8 Å². The zero-order chi connectivity index (χ0) is 13.0. The Kier molecular flexibility index (Phi) is 5.37. The number of hydrogen-bond donors (Lipinski definition) is 1. The van der Waals surface area contributed by atoms with Crippen LogP contribution in [0.15, 0.2) is 18.2 Å². The van der Waals surface area contributed by atoms with E-state index in [1.54, 1.807) is 26.3 Å². The molecule has 2 unspecified atom stereocenters. The van der Waals surface area contributed by atoms with Crippen LogP contribution in [0.5, 0.6) is 0 Å². The molecule has 0 heterocycles. The van der Waals surface area contributed by atoms with Crippen molar-refractivity contribution in [3.05, 3.63) is 34.6 Å². The zero-order valence-electron chi connectivity index (χ0n) is 10.6. The molecule has 0 aliphatic heterocycles. The minimum Gasteiger partial charge on any atom is -0.379 e. The highest BCUT2D eigenvalue weighted by Crippen LogP contribution is 2.27. The number of benzene rings is 1. The number of ether oxygens (including phenoxy) is 1. The van der Waals surface area contributed by atoms with Crippen LogP contribution in [0.4, 0.5) is 4.39 Å². The van der Waals surface area contributed by atoms with Gasteiger partial charge in [-0.25, -0.2) is 4.39 Å². The van der Waals surface area contributed by atoms with Gasteiger partial charge in [-0.3, -0.25) is 0 Å². The van der Waals surface area contributed by atoms with Crippen molar-refractivity contribution in [2.24, 2.45) is 5.92 Å². The second-order valence-corrected chi connectivity index (χ2v) is 4.81. The van der Waals surface area contributed by atoms with Gasteiger partial charge in [0.15, 0.2) is 0 Å². The maximum Gasteiger partial charge on any atom is 0.129 e. The van der Waals surface area contributed by atoms with Crippen molar-refractivity contribution in [1.82, 2.24) is 5.32 Å². The third-order valence-corrected chi connectivity index (χ3v) is 3.10. The summed E-state index contributed by atoms with van der Waals surface area (Å²) in [4.78, 5) is 0. The van der Waals surface area contributed by atoms with Crippen LogP contribution in [-0.4, -0.2) is 20.3 Å². The van der Waals surface area contributed by atoms with E-state index in [0.29, 0.717) is 10.6 Å². The molecule has 1 aromatic carbocycles. The van der Waals surface area contributed by atoms with E-state index in [1.165, 1.54) is 6.07 Å². The monoisotopic (exact) mass is 259 g/mol. The van der Waals surface area contributed by atoms with Gasteiger partial charge in [0.1, 0.15) is 5.82 Å². The summed E-state index contributed by atoms with van der Waals surface area (Å²) in [5, 5.41) is 3.51. The number of hydrogen-bond acceptors (Lipinski definition) is 2. The fourth-order valence-electron chi connectivity index (χ4n) is 2.04. The van der Waals surface area contributed by atoms with Gasteiger partial charge in [0, 0.05) is 17.7 Å². The molecular weight excluding hydrogens is 241 g/mol. The van der Waals surface area contributed by atoms with Gasteiger partial charge in [0.25, 0.3) is 0 Å². The van der Waals surface area contributed by atoms with Gasteiger partial charge in [-0.2, -0.15) is 0 Å². The van der Waals surface area contributed by atoms with Crippen LogP contribution < -0.4 is 5.32 Å². The fourth-order valence-corrected chi connectivity index (χ4v) is 2.20. The molecule has 0 bridgehead atoms. The summed E-state index contributed by atoms with van der Waals surface area (Å²) in [7, 11) is 3.44. The topological polar surface area (TPSA) is 21.3 Å². The number of halogens is 2. The van der Waals surface area contributed by atoms with Crippen LogP contribution in [0.3, 0.4) is 0 Å². The van der Waals surface area contributed by atoms with Crippen LogP contribution in [-0.2, 0) is 4.74 Å². The van der Waals surface area contributed by atoms with Gasteiger partial charge < -0.3 is 10.1 Å². The highest BCUT2D eigenvalue weighted by Gasteiger charge is 2.26. The average Bonchev–Trinajstić information content (AvgIpc) is 2.26. The SMILES string of the molecule is CNC(c1ccc(Cl)cc1F)C(OC)C(C)C. The van der Waals surface area contributed by atoms with E-state index in [4.69, 9.17) is 16.3 Å². The second-order valence-electron chi connectivity index (χ2n) is 4.38. The average molecular weight is 260 g/mol. The minimum atomic E-state index is -0.306. The van der Waals surface area contributed by atoms with Crippen molar-refractivity contribution >= 4 is 11.6 Å². The first kappa shape index (κ1) is 14.4. The summed E-state index contributed by atoms with van der Waals surface area (Å²) in [6.45, 7) is 4.10. The van der Waals surface area contributed by atoms with Crippen LogP contribution in [0.2, 0.25) is 5.02 Å². The molecule has 0 saturated carbocycles. The van der Waals surface area contributed by atoms with Crippen LogP contribution >= 0.6 is 11.6 Å². The van der Waals surface area contributed by atoms with Crippen LogP contribution in [0, 0.1) is 11.7 Å². The van der Waals surface area contributed by atoms with Crippen molar-refractivity contribution in [2.45, 2.75) is 26.0 Å². The van der Waals surface area contributed by atoms with Crippen LogP contribution in [0.1, 0.15) is 25.5 Å². The van der Waals surface area contributed by atoms with Crippen molar-refractivity contribution < 1.29 is 9.13 Å². The summed E-state index contributed by atoms with van der Waals surface area (Å²) in [5.41, 5.74) is 0.581. The molecule has 1 N–H and O–H groups in total. The number of likely N-dealkylation sites (N-methyl/N-ethyl adjacent to an activating group) is 1. The van der Waals surface area contributed by atoms with E-state index < -0.39 is 0 Å². The summed E-state index contributed by atoms with van der Waals surface area (Å²) < 4.78 is 19.3. The van der Waals surface area contributed by atoms with E-state index >= 15 is 0 Å². The predicted molar refractivity (Wildman–Crippen MR) is 68.8 cm³/mol. The number of nitrogens with one attached hydrogen (secondary N) is 1. The highest BCUT2D eigenvalue weighted by molar-refractivity contribution is 6.30. The van der Waals surface area contributed by atoms with E-state index in [0.717, 1.165) is 0 Å². The minimum absolute atomic E-state index is 0.0873. The summed E-state index contributed by atoms with van der Waals surface area (Å²) >= 11 is 5.75. The molecule has 0 radical (unpaired) electrons. The smallest absolute Gasteiger partial charge is 0.129 e. The Hall–Kier alpha value is -0.640. The normalized spacial score (nSPS) is 15.0. The molecule has 4 heteroatoms. The molecule has 0 aromatic heterocycles. The third kappa shape index (κ3) is 3.41. The predicted octanol–water partition coefficient (Wildman–Crippen LogP) is 3.41. The largest absolute Gasteiger partial charge is 0.379 e. The fraction of sp³-hybridized carbons (Fsp3) is 0.538. The first-order chi connectivity index (χ1) is 8.01. The highest BCUT2D eigenvalue weighted by atomic mass is 35.5. The summed E-state index contributed by atoms with van der Waals surface area (Å²) in [5.74, 6) is -0.0212. The maximum atomic E-state index is 13.9. The van der Waals surface area contributed by atoms with Crippen molar-refractivity contribution in [1.29, 1.82) is 0 Å².